The van der Waals surface area contributed by atoms with Crippen LogP contribution in [0.15, 0.2) is 54.6 Å². The fourth-order valence-electron chi connectivity index (χ4n) is 2.10. The van der Waals surface area contributed by atoms with Crippen LogP contribution in [0.4, 0.5) is 0 Å². The Morgan fingerprint density at radius 2 is 1.56 bits per heavy atom. The number of benzene rings is 2. The van der Waals surface area contributed by atoms with Gasteiger partial charge < -0.3 is 9.47 Å². The number of esters is 1. The molecule has 0 radical (unpaired) electrons. The minimum atomic E-state index is -0.688. The number of hydrogen-bond donors (Lipinski definition) is 2. The predicted octanol–water partition coefficient (Wildman–Crippen LogP) is 2.19. The fraction of sp³-hybridized carbons (Fsp3) is 0.250. The number of carbonyl (C=O) groups is 3. The van der Waals surface area contributed by atoms with Gasteiger partial charge in [0.05, 0.1) is 0 Å². The first-order valence-corrected chi connectivity index (χ1v) is 8.48. The molecule has 7 heteroatoms. The molecule has 142 valence electrons. The first-order chi connectivity index (χ1) is 13.0. The predicted molar refractivity (Wildman–Crippen MR) is 99.0 cm³/mol. The number of hydrazine groups is 1. The molecule has 2 amide bonds. The monoisotopic (exact) mass is 370 g/mol. The lowest BCUT2D eigenvalue weighted by atomic mass is 10.0. The third-order valence-corrected chi connectivity index (χ3v) is 3.62. The largest absolute Gasteiger partial charge is 0.482 e. The molecular weight excluding hydrogens is 348 g/mol. The van der Waals surface area contributed by atoms with Gasteiger partial charge >= 0.3 is 5.97 Å². The maximum atomic E-state index is 11.8. The normalized spacial score (nSPS) is 10.2. The molecule has 0 bridgehead atoms. The highest BCUT2D eigenvalue weighted by Gasteiger charge is 2.10. The SMILES string of the molecule is CC(C)c1ccc(OCC(=O)OCC(=O)NNC(=O)c2ccccc2)cc1. The minimum absolute atomic E-state index is 0.315. The summed E-state index contributed by atoms with van der Waals surface area (Å²) in [5.74, 6) is -0.870. The molecule has 0 saturated heterocycles. The van der Waals surface area contributed by atoms with Gasteiger partial charge in [0.15, 0.2) is 13.2 Å². The lowest BCUT2D eigenvalue weighted by Crippen LogP contribution is -2.43. The number of hydrogen-bond acceptors (Lipinski definition) is 5. The second-order valence-corrected chi connectivity index (χ2v) is 6.04. The van der Waals surface area contributed by atoms with Gasteiger partial charge in [-0.1, -0.05) is 44.2 Å². The molecule has 2 aromatic rings. The van der Waals surface area contributed by atoms with Crippen molar-refractivity contribution in [1.29, 1.82) is 0 Å². The Balaban J connectivity index is 1.66. The Hall–Kier alpha value is -3.35. The molecule has 0 aliphatic rings. The van der Waals surface area contributed by atoms with Gasteiger partial charge in [0, 0.05) is 5.56 Å². The van der Waals surface area contributed by atoms with Crippen molar-refractivity contribution in [2.75, 3.05) is 13.2 Å². The van der Waals surface area contributed by atoms with E-state index in [0.29, 0.717) is 17.2 Å². The van der Waals surface area contributed by atoms with Crippen LogP contribution < -0.4 is 15.6 Å². The zero-order valence-corrected chi connectivity index (χ0v) is 15.2. The van der Waals surface area contributed by atoms with Crippen LogP contribution in [-0.2, 0) is 14.3 Å². The Morgan fingerprint density at radius 3 is 2.19 bits per heavy atom. The summed E-state index contributed by atoms with van der Waals surface area (Å²) in [5, 5.41) is 0. The second-order valence-electron chi connectivity index (χ2n) is 6.04. The molecule has 0 fully saturated rings. The number of carbonyl (C=O) groups excluding carboxylic acids is 3. The Kier molecular flexibility index (Phi) is 7.37. The van der Waals surface area contributed by atoms with E-state index in [-0.39, 0.29) is 6.61 Å². The van der Waals surface area contributed by atoms with Gasteiger partial charge in [0.25, 0.3) is 11.8 Å². The minimum Gasteiger partial charge on any atom is -0.482 e. The molecule has 0 atom stereocenters. The second kappa shape index (κ2) is 9.96. The molecule has 0 spiro atoms. The maximum Gasteiger partial charge on any atom is 0.344 e. The zero-order valence-electron chi connectivity index (χ0n) is 15.2. The van der Waals surface area contributed by atoms with E-state index in [0.717, 1.165) is 0 Å². The molecule has 7 nitrogen and oxygen atoms in total. The number of nitrogens with one attached hydrogen (secondary N) is 2. The van der Waals surface area contributed by atoms with Crippen molar-refractivity contribution in [2.24, 2.45) is 0 Å². The fourth-order valence-corrected chi connectivity index (χ4v) is 2.10. The van der Waals surface area contributed by atoms with Crippen LogP contribution in [-0.4, -0.2) is 31.0 Å². The van der Waals surface area contributed by atoms with Crippen molar-refractivity contribution in [3.63, 3.8) is 0 Å². The average Bonchev–Trinajstić information content (AvgIpc) is 2.69. The molecular formula is C20H22N2O5. The van der Waals surface area contributed by atoms with Crippen molar-refractivity contribution < 1.29 is 23.9 Å². The molecule has 0 heterocycles. The van der Waals surface area contributed by atoms with Crippen LogP contribution in [0.3, 0.4) is 0 Å². The van der Waals surface area contributed by atoms with Gasteiger partial charge in [-0.05, 0) is 35.7 Å². The number of amides is 2. The third kappa shape index (κ3) is 6.81. The van der Waals surface area contributed by atoms with Crippen LogP contribution in [0.1, 0.15) is 35.7 Å². The van der Waals surface area contributed by atoms with Crippen LogP contribution in [0.2, 0.25) is 0 Å². The Labute approximate surface area is 157 Å². The van der Waals surface area contributed by atoms with E-state index in [1.54, 1.807) is 42.5 Å². The summed E-state index contributed by atoms with van der Waals surface area (Å²) in [6.07, 6.45) is 0. The van der Waals surface area contributed by atoms with Gasteiger partial charge in [-0.15, -0.1) is 0 Å². The van der Waals surface area contributed by atoms with Crippen molar-refractivity contribution in [1.82, 2.24) is 10.9 Å². The van der Waals surface area contributed by atoms with Gasteiger partial charge in [-0.2, -0.15) is 0 Å². The van der Waals surface area contributed by atoms with Gasteiger partial charge in [-0.3, -0.25) is 20.4 Å². The molecule has 2 rings (SSSR count). The highest BCUT2D eigenvalue weighted by atomic mass is 16.6. The van der Waals surface area contributed by atoms with Crippen LogP contribution in [0, 0.1) is 0 Å². The molecule has 0 saturated carbocycles. The highest BCUT2D eigenvalue weighted by Crippen LogP contribution is 2.18. The van der Waals surface area contributed by atoms with Crippen LogP contribution in [0.25, 0.3) is 0 Å². The smallest absolute Gasteiger partial charge is 0.344 e. The first-order valence-electron chi connectivity index (χ1n) is 8.48. The maximum absolute atomic E-state index is 11.8. The molecule has 2 aromatic carbocycles. The van der Waals surface area contributed by atoms with E-state index in [9.17, 15) is 14.4 Å². The van der Waals surface area contributed by atoms with E-state index in [4.69, 9.17) is 9.47 Å². The van der Waals surface area contributed by atoms with E-state index in [1.165, 1.54) is 5.56 Å². The molecule has 0 aromatic heterocycles. The van der Waals surface area contributed by atoms with Gasteiger partial charge in [-0.25, -0.2) is 4.79 Å². The van der Waals surface area contributed by atoms with Crippen molar-refractivity contribution in [2.45, 2.75) is 19.8 Å². The molecule has 0 unspecified atom stereocenters. The standard InChI is InChI=1S/C20H22N2O5/c1-14(2)15-8-10-17(11-9-15)26-13-19(24)27-12-18(23)21-22-20(25)16-6-4-3-5-7-16/h3-11,14H,12-13H2,1-2H3,(H,21,23)(H,22,25). The highest BCUT2D eigenvalue weighted by molar-refractivity contribution is 5.95. The first kappa shape index (κ1) is 20.0. The molecule has 2 N–H and O–H groups in total. The summed E-state index contributed by atoms with van der Waals surface area (Å²) in [4.78, 5) is 35.0. The average molecular weight is 370 g/mol. The zero-order chi connectivity index (χ0) is 19.6. The van der Waals surface area contributed by atoms with Gasteiger partial charge in [0.1, 0.15) is 5.75 Å². The lowest BCUT2D eigenvalue weighted by Gasteiger charge is -2.10. The molecule has 0 aliphatic carbocycles. The summed E-state index contributed by atoms with van der Waals surface area (Å²) in [5.41, 5.74) is 5.96. The quantitative estimate of drug-likeness (QED) is 0.576. The van der Waals surface area contributed by atoms with E-state index >= 15 is 0 Å². The third-order valence-electron chi connectivity index (χ3n) is 3.62. The molecule has 0 aliphatic heterocycles. The van der Waals surface area contributed by atoms with E-state index < -0.39 is 24.4 Å². The van der Waals surface area contributed by atoms with Crippen LogP contribution in [0.5, 0.6) is 5.75 Å². The Bertz CT molecular complexity index is 773. The number of rotatable bonds is 7. The van der Waals surface area contributed by atoms with Crippen LogP contribution >= 0.6 is 0 Å². The summed E-state index contributed by atoms with van der Waals surface area (Å²) in [7, 11) is 0. The molecule has 27 heavy (non-hydrogen) atoms. The van der Waals surface area contributed by atoms with Crippen molar-refractivity contribution in [3.05, 3.63) is 65.7 Å². The van der Waals surface area contributed by atoms with Gasteiger partial charge in [0.2, 0.25) is 0 Å². The van der Waals surface area contributed by atoms with Crippen molar-refractivity contribution in [3.8, 4) is 5.75 Å². The van der Waals surface area contributed by atoms with Crippen molar-refractivity contribution >= 4 is 17.8 Å². The summed E-state index contributed by atoms with van der Waals surface area (Å²) >= 11 is 0. The summed E-state index contributed by atoms with van der Waals surface area (Å²) in [6, 6.07) is 15.8. The topological polar surface area (TPSA) is 93.7 Å². The summed E-state index contributed by atoms with van der Waals surface area (Å²) < 4.78 is 10.1. The lowest BCUT2D eigenvalue weighted by molar-refractivity contribution is -0.150. The van der Waals surface area contributed by atoms with E-state index in [2.05, 4.69) is 24.7 Å². The number of ether oxygens (including phenoxy) is 2. The Morgan fingerprint density at radius 1 is 0.889 bits per heavy atom. The summed E-state index contributed by atoms with van der Waals surface area (Å²) in [6.45, 7) is 3.33. The van der Waals surface area contributed by atoms with E-state index in [1.807, 2.05) is 12.1 Å².